The molecule has 0 saturated carbocycles. The minimum atomic E-state index is -0.367. The van der Waals surface area contributed by atoms with E-state index in [0.29, 0.717) is 28.5 Å². The predicted octanol–water partition coefficient (Wildman–Crippen LogP) is 4.79. The van der Waals surface area contributed by atoms with E-state index >= 15 is 0 Å². The first-order valence-corrected chi connectivity index (χ1v) is 9.27. The van der Waals surface area contributed by atoms with Crippen LogP contribution in [0.25, 0.3) is 6.08 Å². The number of hydrogen-bond acceptors (Lipinski definition) is 3. The lowest BCUT2D eigenvalue weighted by Crippen LogP contribution is -2.30. The average molecular weight is 425 g/mol. The molecule has 2 aromatic carbocycles. The van der Waals surface area contributed by atoms with Crippen molar-refractivity contribution in [2.45, 2.75) is 13.5 Å². The van der Waals surface area contributed by atoms with E-state index in [0.717, 1.165) is 0 Å². The Bertz CT molecular complexity index is 926. The van der Waals surface area contributed by atoms with Crippen LogP contribution in [-0.4, -0.2) is 22.5 Å². The standard InChI is InChI=1S/C19H15Cl2FN2O2S/c1-2-24-18(25)16(23-19(24)27)9-11-7-13(20)17(14(21)8-11)26-10-12-5-3-4-6-15(12)22/h3-9H,2,10H2,1H3,(H,23,27)/b16-9-. The second kappa shape index (κ2) is 8.25. The molecule has 0 bridgehead atoms. The minimum absolute atomic E-state index is 0.00762. The quantitative estimate of drug-likeness (QED) is 0.553. The van der Waals surface area contributed by atoms with Gasteiger partial charge in [0.2, 0.25) is 0 Å². The molecule has 3 rings (SSSR count). The number of amides is 1. The van der Waals surface area contributed by atoms with Gasteiger partial charge in [-0.1, -0.05) is 41.4 Å². The van der Waals surface area contributed by atoms with Crippen LogP contribution in [0.1, 0.15) is 18.1 Å². The molecule has 0 aromatic heterocycles. The monoisotopic (exact) mass is 424 g/mol. The smallest absolute Gasteiger partial charge is 0.276 e. The molecule has 0 radical (unpaired) electrons. The lowest BCUT2D eigenvalue weighted by atomic mass is 10.1. The topological polar surface area (TPSA) is 41.6 Å². The molecule has 1 N–H and O–H groups in total. The maximum atomic E-state index is 13.7. The summed E-state index contributed by atoms with van der Waals surface area (Å²) in [4.78, 5) is 13.7. The van der Waals surface area contributed by atoms with Crippen molar-refractivity contribution in [2.75, 3.05) is 6.54 Å². The van der Waals surface area contributed by atoms with E-state index in [4.69, 9.17) is 40.2 Å². The third kappa shape index (κ3) is 4.24. The first kappa shape index (κ1) is 19.6. The van der Waals surface area contributed by atoms with E-state index < -0.39 is 0 Å². The van der Waals surface area contributed by atoms with Crippen molar-refractivity contribution in [3.63, 3.8) is 0 Å². The van der Waals surface area contributed by atoms with Gasteiger partial charge in [0, 0.05) is 12.1 Å². The summed E-state index contributed by atoms with van der Waals surface area (Å²) < 4.78 is 19.3. The lowest BCUT2D eigenvalue weighted by Gasteiger charge is -2.11. The molecule has 2 aromatic rings. The van der Waals surface area contributed by atoms with Crippen LogP contribution in [0.2, 0.25) is 10.0 Å². The van der Waals surface area contributed by atoms with E-state index in [1.54, 1.807) is 36.4 Å². The van der Waals surface area contributed by atoms with Crippen molar-refractivity contribution >= 4 is 52.5 Å². The normalized spacial score (nSPS) is 15.4. The Morgan fingerprint density at radius 2 is 1.93 bits per heavy atom. The summed E-state index contributed by atoms with van der Waals surface area (Å²) in [7, 11) is 0. The van der Waals surface area contributed by atoms with Gasteiger partial charge in [0.15, 0.2) is 10.9 Å². The minimum Gasteiger partial charge on any atom is -0.486 e. The highest BCUT2D eigenvalue weighted by Gasteiger charge is 2.29. The fourth-order valence-electron chi connectivity index (χ4n) is 2.59. The van der Waals surface area contributed by atoms with Crippen molar-refractivity contribution in [2.24, 2.45) is 0 Å². The van der Waals surface area contributed by atoms with Crippen LogP contribution in [0.5, 0.6) is 5.75 Å². The molecule has 4 nitrogen and oxygen atoms in total. The van der Waals surface area contributed by atoms with Gasteiger partial charge >= 0.3 is 0 Å². The van der Waals surface area contributed by atoms with Gasteiger partial charge in [-0.3, -0.25) is 9.69 Å². The van der Waals surface area contributed by atoms with Gasteiger partial charge < -0.3 is 10.1 Å². The second-order valence-electron chi connectivity index (χ2n) is 5.73. The first-order chi connectivity index (χ1) is 12.9. The number of carbonyl (C=O) groups is 1. The summed E-state index contributed by atoms with van der Waals surface area (Å²) >= 11 is 17.7. The number of rotatable bonds is 5. The molecule has 0 atom stereocenters. The van der Waals surface area contributed by atoms with E-state index in [2.05, 4.69) is 5.32 Å². The third-order valence-corrected chi connectivity index (χ3v) is 4.82. The van der Waals surface area contributed by atoms with E-state index in [1.165, 1.54) is 11.0 Å². The number of nitrogens with zero attached hydrogens (tertiary/aromatic N) is 1. The molecule has 0 spiro atoms. The molecule has 140 valence electrons. The van der Waals surface area contributed by atoms with E-state index in [9.17, 15) is 9.18 Å². The van der Waals surface area contributed by atoms with Gasteiger partial charge in [0.05, 0.1) is 10.0 Å². The van der Waals surface area contributed by atoms with Crippen molar-refractivity contribution in [3.8, 4) is 5.75 Å². The highest BCUT2D eigenvalue weighted by molar-refractivity contribution is 7.80. The molecule has 0 aliphatic carbocycles. The molecular formula is C19H15Cl2FN2O2S. The first-order valence-electron chi connectivity index (χ1n) is 8.10. The number of nitrogens with one attached hydrogen (secondary N) is 1. The summed E-state index contributed by atoms with van der Waals surface area (Å²) in [6.45, 7) is 2.31. The van der Waals surface area contributed by atoms with Crippen LogP contribution in [0.4, 0.5) is 4.39 Å². The fourth-order valence-corrected chi connectivity index (χ4v) is 3.53. The van der Waals surface area contributed by atoms with Crippen molar-refractivity contribution in [3.05, 3.63) is 69.1 Å². The van der Waals surface area contributed by atoms with Gasteiger partial charge in [0.1, 0.15) is 18.1 Å². The summed E-state index contributed by atoms with van der Waals surface area (Å²) in [6.07, 6.45) is 1.61. The Labute approximate surface area is 171 Å². The second-order valence-corrected chi connectivity index (χ2v) is 6.93. The van der Waals surface area contributed by atoms with E-state index in [1.807, 2.05) is 6.92 Å². The van der Waals surface area contributed by atoms with E-state index in [-0.39, 0.29) is 34.1 Å². The Morgan fingerprint density at radius 1 is 1.26 bits per heavy atom. The zero-order chi connectivity index (χ0) is 19.6. The number of carbonyl (C=O) groups excluding carboxylic acids is 1. The molecule has 0 unspecified atom stereocenters. The lowest BCUT2D eigenvalue weighted by molar-refractivity contribution is -0.122. The number of benzene rings is 2. The van der Waals surface area contributed by atoms with Gasteiger partial charge in [-0.15, -0.1) is 0 Å². The van der Waals surface area contributed by atoms with Crippen molar-refractivity contribution in [1.82, 2.24) is 10.2 Å². The number of hydrogen-bond donors (Lipinski definition) is 1. The molecule has 1 saturated heterocycles. The molecule has 27 heavy (non-hydrogen) atoms. The molecule has 1 heterocycles. The SMILES string of the molecule is CCN1C(=O)/C(=C/c2cc(Cl)c(OCc3ccccc3F)c(Cl)c2)NC1=S. The maximum Gasteiger partial charge on any atom is 0.276 e. The van der Waals surface area contributed by atoms with Crippen LogP contribution in [0.3, 0.4) is 0 Å². The fraction of sp³-hybridized carbons (Fsp3) is 0.158. The zero-order valence-electron chi connectivity index (χ0n) is 14.3. The van der Waals surface area contributed by atoms with Gasteiger partial charge in [-0.2, -0.15) is 0 Å². The average Bonchev–Trinajstić information content (AvgIpc) is 2.88. The van der Waals surface area contributed by atoms with Crippen LogP contribution >= 0.6 is 35.4 Å². The van der Waals surface area contributed by atoms with Crippen molar-refractivity contribution in [1.29, 1.82) is 0 Å². The highest BCUT2D eigenvalue weighted by atomic mass is 35.5. The Kier molecular flexibility index (Phi) is 5.99. The number of halogens is 3. The van der Waals surface area contributed by atoms with Crippen LogP contribution in [0.15, 0.2) is 42.1 Å². The molecule has 1 aliphatic rings. The molecule has 1 fully saturated rings. The molecule has 8 heteroatoms. The number of ether oxygens (including phenoxy) is 1. The summed E-state index contributed by atoms with van der Waals surface area (Å²) in [5.74, 6) is -0.330. The van der Waals surface area contributed by atoms with Crippen LogP contribution in [-0.2, 0) is 11.4 Å². The van der Waals surface area contributed by atoms with Gasteiger partial charge in [-0.05, 0) is 49.0 Å². The van der Waals surface area contributed by atoms with Crippen LogP contribution < -0.4 is 10.1 Å². The van der Waals surface area contributed by atoms with Gasteiger partial charge in [0.25, 0.3) is 5.91 Å². The summed E-state index contributed by atoms with van der Waals surface area (Å²) in [6, 6.07) is 9.52. The Morgan fingerprint density at radius 3 is 2.52 bits per heavy atom. The van der Waals surface area contributed by atoms with Gasteiger partial charge in [-0.25, -0.2) is 4.39 Å². The third-order valence-electron chi connectivity index (χ3n) is 3.94. The highest BCUT2D eigenvalue weighted by Crippen LogP contribution is 2.35. The van der Waals surface area contributed by atoms with Crippen LogP contribution in [0, 0.1) is 5.82 Å². The number of likely N-dealkylation sites (N-methyl/N-ethyl adjacent to an activating group) is 1. The molecule has 1 amide bonds. The molecular weight excluding hydrogens is 410 g/mol. The van der Waals surface area contributed by atoms with Crippen molar-refractivity contribution < 1.29 is 13.9 Å². The summed E-state index contributed by atoms with van der Waals surface area (Å²) in [5, 5.41) is 3.74. The predicted molar refractivity (Wildman–Crippen MR) is 108 cm³/mol. The zero-order valence-corrected chi connectivity index (χ0v) is 16.6. The Hall–Kier alpha value is -2.15. The summed E-state index contributed by atoms with van der Waals surface area (Å²) in [5.41, 5.74) is 1.35. The number of thiocarbonyl (C=S) groups is 1. The maximum absolute atomic E-state index is 13.7. The molecule has 1 aliphatic heterocycles. The Balaban J connectivity index is 1.81. The largest absolute Gasteiger partial charge is 0.486 e.